The van der Waals surface area contributed by atoms with Crippen LogP contribution in [0.5, 0.6) is 0 Å². The Morgan fingerprint density at radius 3 is 2.81 bits per heavy atom. The maximum absolute atomic E-state index is 11.3. The molecule has 1 N–H and O–H groups in total. The molecule has 116 valence electrons. The van der Waals surface area contributed by atoms with Crippen molar-refractivity contribution in [1.29, 1.82) is 0 Å². The van der Waals surface area contributed by atoms with E-state index in [1.165, 1.54) is 6.07 Å². The maximum atomic E-state index is 11.3. The average molecular weight is 293 g/mol. The molecule has 6 nitrogen and oxygen atoms in total. The quantitative estimate of drug-likeness (QED) is 0.680. The predicted octanol–water partition coefficient (Wildman–Crippen LogP) is 2.18. The van der Waals surface area contributed by atoms with Gasteiger partial charge >= 0.3 is 0 Å². The summed E-state index contributed by atoms with van der Waals surface area (Å²) in [6.07, 6.45) is 1.44. The van der Waals surface area contributed by atoms with E-state index in [0.29, 0.717) is 11.3 Å². The third-order valence-electron chi connectivity index (χ3n) is 4.21. The number of anilines is 1. The largest absolute Gasteiger partial charge is 0.389 e. The number of piperidine rings is 1. The zero-order valence-corrected chi connectivity index (χ0v) is 12.8. The van der Waals surface area contributed by atoms with Gasteiger partial charge in [0.2, 0.25) is 0 Å². The second-order valence-electron chi connectivity index (χ2n) is 5.85. The summed E-state index contributed by atoms with van der Waals surface area (Å²) in [5, 5.41) is 20.9. The fourth-order valence-electron chi connectivity index (χ4n) is 2.90. The molecule has 21 heavy (non-hydrogen) atoms. The Balaban J connectivity index is 2.31. The van der Waals surface area contributed by atoms with Crippen LogP contribution in [-0.4, -0.2) is 48.2 Å². The number of nitrogens with zero attached hydrogens (tertiary/aromatic N) is 3. The third-order valence-corrected chi connectivity index (χ3v) is 4.21. The van der Waals surface area contributed by atoms with Gasteiger partial charge in [0.1, 0.15) is 5.69 Å². The summed E-state index contributed by atoms with van der Waals surface area (Å²) in [5.74, 6) is 0. The molecule has 0 aromatic heterocycles. The van der Waals surface area contributed by atoms with Crippen LogP contribution >= 0.6 is 0 Å². The molecular weight excluding hydrogens is 270 g/mol. The van der Waals surface area contributed by atoms with Crippen molar-refractivity contribution in [3.8, 4) is 0 Å². The molecule has 1 saturated heterocycles. The van der Waals surface area contributed by atoms with Crippen LogP contribution in [0.15, 0.2) is 18.2 Å². The monoisotopic (exact) mass is 293 g/mol. The highest BCUT2D eigenvalue weighted by Gasteiger charge is 2.26. The van der Waals surface area contributed by atoms with Crippen molar-refractivity contribution in [1.82, 2.24) is 4.90 Å². The van der Waals surface area contributed by atoms with E-state index in [2.05, 4.69) is 11.9 Å². The summed E-state index contributed by atoms with van der Waals surface area (Å²) in [5.41, 5.74) is 1.24. The van der Waals surface area contributed by atoms with Gasteiger partial charge in [-0.3, -0.25) is 10.1 Å². The van der Waals surface area contributed by atoms with E-state index < -0.39 is 6.10 Å². The molecule has 2 rings (SSSR count). The van der Waals surface area contributed by atoms with Crippen LogP contribution < -0.4 is 4.90 Å². The average Bonchev–Trinajstić information content (AvgIpc) is 2.45. The van der Waals surface area contributed by atoms with E-state index in [1.807, 2.05) is 11.9 Å². The standard InChI is InChI=1S/C15H23N3O3/c1-11(19)12-6-7-14(15(9-12)18(20)21)17(3)13-5-4-8-16(2)10-13/h6-7,9,11,13,19H,4-5,8,10H2,1-3H3. The van der Waals surface area contributed by atoms with E-state index in [9.17, 15) is 15.2 Å². The van der Waals surface area contributed by atoms with Gasteiger partial charge in [0.15, 0.2) is 0 Å². The van der Waals surface area contributed by atoms with Crippen LogP contribution in [0.3, 0.4) is 0 Å². The molecule has 0 bridgehead atoms. The van der Waals surface area contributed by atoms with Crippen molar-refractivity contribution >= 4 is 11.4 Å². The van der Waals surface area contributed by atoms with E-state index in [4.69, 9.17) is 0 Å². The van der Waals surface area contributed by atoms with Gasteiger partial charge in [0.25, 0.3) is 5.69 Å². The molecule has 0 spiro atoms. The molecule has 2 atom stereocenters. The van der Waals surface area contributed by atoms with Crippen molar-refractivity contribution in [2.75, 3.05) is 32.1 Å². The van der Waals surface area contributed by atoms with Crippen molar-refractivity contribution in [3.05, 3.63) is 33.9 Å². The number of likely N-dealkylation sites (N-methyl/N-ethyl adjacent to an activating group) is 2. The Hall–Kier alpha value is -1.66. The number of rotatable bonds is 4. The molecule has 0 radical (unpaired) electrons. The lowest BCUT2D eigenvalue weighted by Gasteiger charge is -2.36. The second kappa shape index (κ2) is 6.41. The number of aliphatic hydroxyl groups excluding tert-OH is 1. The molecule has 0 aliphatic carbocycles. The first kappa shape index (κ1) is 15.7. The van der Waals surface area contributed by atoms with Crippen molar-refractivity contribution < 1.29 is 10.0 Å². The Morgan fingerprint density at radius 2 is 2.24 bits per heavy atom. The minimum absolute atomic E-state index is 0.0594. The van der Waals surface area contributed by atoms with Gasteiger partial charge in [-0.2, -0.15) is 0 Å². The number of aliphatic hydroxyl groups is 1. The summed E-state index contributed by atoms with van der Waals surface area (Å²) in [7, 11) is 3.99. The van der Waals surface area contributed by atoms with Gasteiger partial charge in [-0.05, 0) is 45.0 Å². The minimum atomic E-state index is -0.705. The first-order valence-electron chi connectivity index (χ1n) is 7.28. The van der Waals surface area contributed by atoms with E-state index in [-0.39, 0.29) is 16.7 Å². The number of benzene rings is 1. The number of hydrogen-bond donors (Lipinski definition) is 1. The zero-order valence-electron chi connectivity index (χ0n) is 12.8. The fourth-order valence-corrected chi connectivity index (χ4v) is 2.90. The normalized spacial score (nSPS) is 21.0. The molecule has 1 fully saturated rings. The Labute approximate surface area is 125 Å². The highest BCUT2D eigenvalue weighted by atomic mass is 16.6. The Bertz CT molecular complexity index is 519. The molecule has 2 unspecified atom stereocenters. The lowest BCUT2D eigenvalue weighted by atomic mass is 10.0. The summed E-state index contributed by atoms with van der Waals surface area (Å²) in [4.78, 5) is 15.2. The molecule has 0 saturated carbocycles. The molecule has 1 aromatic rings. The fraction of sp³-hybridized carbons (Fsp3) is 0.600. The molecule has 1 aromatic carbocycles. The summed E-state index contributed by atoms with van der Waals surface area (Å²) >= 11 is 0. The van der Waals surface area contributed by atoms with Crippen LogP contribution in [-0.2, 0) is 0 Å². The highest BCUT2D eigenvalue weighted by molar-refractivity contribution is 5.64. The van der Waals surface area contributed by atoms with Gasteiger partial charge in [0.05, 0.1) is 11.0 Å². The van der Waals surface area contributed by atoms with Crippen molar-refractivity contribution in [3.63, 3.8) is 0 Å². The van der Waals surface area contributed by atoms with Gasteiger partial charge in [-0.25, -0.2) is 0 Å². The van der Waals surface area contributed by atoms with Crippen LogP contribution in [0.4, 0.5) is 11.4 Å². The van der Waals surface area contributed by atoms with Crippen molar-refractivity contribution in [2.45, 2.75) is 31.9 Å². The lowest BCUT2D eigenvalue weighted by Crippen LogP contribution is -2.45. The highest BCUT2D eigenvalue weighted by Crippen LogP contribution is 2.32. The molecule has 1 aliphatic rings. The van der Waals surface area contributed by atoms with E-state index >= 15 is 0 Å². The smallest absolute Gasteiger partial charge is 0.292 e. The number of hydrogen-bond acceptors (Lipinski definition) is 5. The van der Waals surface area contributed by atoms with Gasteiger partial charge in [-0.15, -0.1) is 0 Å². The SMILES string of the molecule is CC(O)c1ccc(N(C)C2CCCN(C)C2)c([N+](=O)[O-])c1. The lowest BCUT2D eigenvalue weighted by molar-refractivity contribution is -0.384. The van der Waals surface area contributed by atoms with Crippen LogP contribution in [0, 0.1) is 10.1 Å². The molecule has 0 amide bonds. The van der Waals surface area contributed by atoms with Crippen LogP contribution in [0.1, 0.15) is 31.4 Å². The number of nitro benzene ring substituents is 1. The molecule has 6 heteroatoms. The summed E-state index contributed by atoms with van der Waals surface area (Å²) < 4.78 is 0. The summed E-state index contributed by atoms with van der Waals surface area (Å²) in [6.45, 7) is 3.59. The van der Waals surface area contributed by atoms with Crippen molar-refractivity contribution in [2.24, 2.45) is 0 Å². The molecular formula is C15H23N3O3. The minimum Gasteiger partial charge on any atom is -0.389 e. The van der Waals surface area contributed by atoms with Crippen LogP contribution in [0.2, 0.25) is 0 Å². The first-order chi connectivity index (χ1) is 9.90. The van der Waals surface area contributed by atoms with E-state index in [0.717, 1.165) is 25.9 Å². The Kier molecular flexibility index (Phi) is 4.80. The second-order valence-corrected chi connectivity index (χ2v) is 5.85. The van der Waals surface area contributed by atoms with Gasteiger partial charge in [0, 0.05) is 25.7 Å². The zero-order chi connectivity index (χ0) is 15.6. The maximum Gasteiger partial charge on any atom is 0.292 e. The van der Waals surface area contributed by atoms with Gasteiger partial charge < -0.3 is 14.9 Å². The van der Waals surface area contributed by atoms with Gasteiger partial charge in [-0.1, -0.05) is 6.07 Å². The number of nitro groups is 1. The molecule has 1 heterocycles. The topological polar surface area (TPSA) is 69.8 Å². The summed E-state index contributed by atoms with van der Waals surface area (Å²) in [6, 6.07) is 5.26. The number of likely N-dealkylation sites (tertiary alicyclic amines) is 1. The Morgan fingerprint density at radius 1 is 1.52 bits per heavy atom. The third kappa shape index (κ3) is 3.51. The predicted molar refractivity (Wildman–Crippen MR) is 82.7 cm³/mol. The first-order valence-corrected chi connectivity index (χ1v) is 7.28. The molecule has 1 aliphatic heterocycles. The van der Waals surface area contributed by atoms with Crippen LogP contribution in [0.25, 0.3) is 0 Å². The van der Waals surface area contributed by atoms with E-state index in [1.54, 1.807) is 19.1 Å².